The minimum absolute atomic E-state index is 0.0476. The smallest absolute Gasteiger partial charge is 0.172 e. The van der Waals surface area contributed by atoms with Crippen molar-refractivity contribution in [3.63, 3.8) is 0 Å². The zero-order valence-corrected chi connectivity index (χ0v) is 13.5. The van der Waals surface area contributed by atoms with Crippen LogP contribution in [0.4, 0.5) is 5.69 Å². The Morgan fingerprint density at radius 1 is 1.00 bits per heavy atom. The molecule has 0 bridgehead atoms. The highest BCUT2D eigenvalue weighted by atomic mass is 16.5. The fourth-order valence-electron chi connectivity index (χ4n) is 2.44. The van der Waals surface area contributed by atoms with E-state index in [0.29, 0.717) is 11.5 Å². The molecule has 1 aliphatic heterocycles. The Balaban J connectivity index is 2.08. The summed E-state index contributed by atoms with van der Waals surface area (Å²) in [5.41, 5.74) is 2.35. The van der Waals surface area contributed by atoms with Crippen molar-refractivity contribution in [3.8, 4) is 17.9 Å². The molecule has 1 aliphatic rings. The third-order valence-corrected chi connectivity index (χ3v) is 3.70. The number of nitrogens with zero attached hydrogens (tertiary/aromatic N) is 4. The summed E-state index contributed by atoms with van der Waals surface area (Å²) in [6.07, 6.45) is 3.66. The van der Waals surface area contributed by atoms with Gasteiger partial charge in [-0.15, -0.1) is 0 Å². The third-order valence-electron chi connectivity index (χ3n) is 3.70. The van der Waals surface area contributed by atoms with Crippen molar-refractivity contribution in [3.05, 3.63) is 83.8 Å². The van der Waals surface area contributed by atoms with E-state index in [0.717, 1.165) is 17.0 Å². The lowest BCUT2D eigenvalue weighted by Crippen LogP contribution is -2.21. The van der Waals surface area contributed by atoms with Crippen molar-refractivity contribution in [1.29, 1.82) is 10.5 Å². The average Bonchev–Trinajstić information content (AvgIpc) is 2.70. The summed E-state index contributed by atoms with van der Waals surface area (Å²) in [5.74, 6) is 1.03. The number of benzene rings is 2. The van der Waals surface area contributed by atoms with Gasteiger partial charge in [-0.2, -0.15) is 10.5 Å². The number of rotatable bonds is 3. The summed E-state index contributed by atoms with van der Waals surface area (Å²) >= 11 is 0. The number of hydrogen-bond acceptors (Lipinski definition) is 5. The predicted octanol–water partition coefficient (Wildman–Crippen LogP) is 3.78. The molecule has 25 heavy (non-hydrogen) atoms. The molecule has 2 aromatic carbocycles. The van der Waals surface area contributed by atoms with E-state index in [-0.39, 0.29) is 5.57 Å². The highest BCUT2D eigenvalue weighted by molar-refractivity contribution is 6.10. The SMILES string of the molecule is COc1ccc(N2C=CC(c3ccccc3)=NC2=C(C#N)C#N)cc1. The maximum Gasteiger partial charge on any atom is 0.172 e. The lowest BCUT2D eigenvalue weighted by atomic mass is 10.1. The highest BCUT2D eigenvalue weighted by Crippen LogP contribution is 2.28. The predicted molar refractivity (Wildman–Crippen MR) is 95.8 cm³/mol. The molecule has 1 heterocycles. The number of allylic oxidation sites excluding steroid dienone is 2. The number of aliphatic imine (C=N–C) groups is 1. The van der Waals surface area contributed by atoms with Gasteiger partial charge in [-0.3, -0.25) is 0 Å². The molecule has 0 fully saturated rings. The van der Waals surface area contributed by atoms with E-state index in [4.69, 9.17) is 4.74 Å². The molecular formula is C20H14N4O. The van der Waals surface area contributed by atoms with E-state index >= 15 is 0 Å². The van der Waals surface area contributed by atoms with Gasteiger partial charge in [0.1, 0.15) is 17.9 Å². The van der Waals surface area contributed by atoms with Gasteiger partial charge in [0.05, 0.1) is 12.8 Å². The van der Waals surface area contributed by atoms with Gasteiger partial charge in [-0.1, -0.05) is 30.3 Å². The number of anilines is 1. The van der Waals surface area contributed by atoms with Gasteiger partial charge >= 0.3 is 0 Å². The van der Waals surface area contributed by atoms with Crippen LogP contribution in [0, 0.1) is 22.7 Å². The van der Waals surface area contributed by atoms with E-state index in [2.05, 4.69) is 4.99 Å². The van der Waals surface area contributed by atoms with Crippen molar-refractivity contribution in [2.45, 2.75) is 0 Å². The minimum atomic E-state index is -0.0476. The first-order valence-corrected chi connectivity index (χ1v) is 7.57. The summed E-state index contributed by atoms with van der Waals surface area (Å²) in [4.78, 5) is 6.27. The zero-order valence-electron chi connectivity index (χ0n) is 13.5. The second-order valence-electron chi connectivity index (χ2n) is 5.17. The molecule has 5 heteroatoms. The van der Waals surface area contributed by atoms with Gasteiger partial charge in [0.2, 0.25) is 0 Å². The van der Waals surface area contributed by atoms with Crippen LogP contribution >= 0.6 is 0 Å². The molecule has 3 rings (SSSR count). The second-order valence-corrected chi connectivity index (χ2v) is 5.17. The lowest BCUT2D eigenvalue weighted by molar-refractivity contribution is 0.415. The summed E-state index contributed by atoms with van der Waals surface area (Å²) in [6, 6.07) is 20.8. The summed E-state index contributed by atoms with van der Waals surface area (Å²) < 4.78 is 5.17. The maximum atomic E-state index is 9.31. The second kappa shape index (κ2) is 7.16. The van der Waals surface area contributed by atoms with Crippen LogP contribution in [0.1, 0.15) is 5.56 Å². The zero-order chi connectivity index (χ0) is 17.6. The minimum Gasteiger partial charge on any atom is -0.497 e. The molecule has 0 spiro atoms. The van der Waals surface area contributed by atoms with Crippen LogP contribution in [0.25, 0.3) is 0 Å². The molecule has 0 N–H and O–H groups in total. The van der Waals surface area contributed by atoms with Crippen molar-refractivity contribution in [2.75, 3.05) is 12.0 Å². The molecule has 0 atom stereocenters. The molecule has 0 amide bonds. The van der Waals surface area contributed by atoms with Crippen LogP contribution in [0.3, 0.4) is 0 Å². The lowest BCUT2D eigenvalue weighted by Gasteiger charge is -2.25. The van der Waals surface area contributed by atoms with Gasteiger partial charge in [0.25, 0.3) is 0 Å². The summed E-state index contributed by atoms with van der Waals surface area (Å²) in [7, 11) is 1.60. The van der Waals surface area contributed by atoms with E-state index in [1.165, 1.54) is 0 Å². The van der Waals surface area contributed by atoms with Crippen molar-refractivity contribution in [1.82, 2.24) is 0 Å². The van der Waals surface area contributed by atoms with Crippen molar-refractivity contribution >= 4 is 11.4 Å². The Morgan fingerprint density at radius 3 is 2.28 bits per heavy atom. The quantitative estimate of drug-likeness (QED) is 0.805. The fraction of sp³-hybridized carbons (Fsp3) is 0.0500. The Hall–Kier alpha value is -3.83. The van der Waals surface area contributed by atoms with Crippen LogP contribution in [0.5, 0.6) is 5.75 Å². The molecule has 0 radical (unpaired) electrons. The summed E-state index contributed by atoms with van der Waals surface area (Å²) in [5, 5.41) is 18.6. The number of methoxy groups -OCH3 is 1. The highest BCUT2D eigenvalue weighted by Gasteiger charge is 2.19. The molecule has 0 saturated heterocycles. The van der Waals surface area contributed by atoms with Gasteiger partial charge < -0.3 is 9.64 Å². The monoisotopic (exact) mass is 326 g/mol. The molecule has 0 aromatic heterocycles. The first-order chi connectivity index (χ1) is 12.3. The molecule has 0 unspecified atom stereocenters. The van der Waals surface area contributed by atoms with Crippen LogP contribution in [-0.2, 0) is 0 Å². The normalized spacial score (nSPS) is 12.8. The van der Waals surface area contributed by atoms with Gasteiger partial charge in [-0.05, 0) is 30.3 Å². The largest absolute Gasteiger partial charge is 0.497 e. The van der Waals surface area contributed by atoms with Crippen LogP contribution < -0.4 is 9.64 Å². The third kappa shape index (κ3) is 3.26. The Kier molecular flexibility index (Phi) is 4.60. The van der Waals surface area contributed by atoms with Crippen LogP contribution in [0.15, 0.2) is 83.3 Å². The molecular weight excluding hydrogens is 312 g/mol. The van der Waals surface area contributed by atoms with E-state index in [1.807, 2.05) is 72.8 Å². The summed E-state index contributed by atoms with van der Waals surface area (Å²) in [6.45, 7) is 0. The molecule has 5 nitrogen and oxygen atoms in total. The van der Waals surface area contributed by atoms with Crippen molar-refractivity contribution < 1.29 is 4.74 Å². The van der Waals surface area contributed by atoms with Crippen LogP contribution in [-0.4, -0.2) is 12.8 Å². The molecule has 120 valence electrons. The van der Waals surface area contributed by atoms with Crippen molar-refractivity contribution in [2.24, 2.45) is 4.99 Å². The van der Waals surface area contributed by atoms with Crippen LogP contribution in [0.2, 0.25) is 0 Å². The first kappa shape index (κ1) is 16.0. The number of nitriles is 2. The number of ether oxygens (including phenoxy) is 1. The fourth-order valence-corrected chi connectivity index (χ4v) is 2.44. The molecule has 0 saturated carbocycles. The Morgan fingerprint density at radius 2 is 1.68 bits per heavy atom. The van der Waals surface area contributed by atoms with Gasteiger partial charge in [-0.25, -0.2) is 4.99 Å². The molecule has 2 aromatic rings. The maximum absolute atomic E-state index is 9.31. The van der Waals surface area contributed by atoms with E-state index < -0.39 is 0 Å². The topological polar surface area (TPSA) is 72.4 Å². The Bertz CT molecular complexity index is 926. The van der Waals surface area contributed by atoms with Gasteiger partial charge in [0.15, 0.2) is 11.4 Å². The number of hydrogen-bond donors (Lipinski definition) is 0. The van der Waals surface area contributed by atoms with E-state index in [9.17, 15) is 10.5 Å². The first-order valence-electron chi connectivity index (χ1n) is 7.57. The average molecular weight is 326 g/mol. The Labute approximate surface area is 146 Å². The molecule has 0 aliphatic carbocycles. The standard InChI is InChI=1S/C20H14N4O/c1-25-18-9-7-17(8-10-18)24-12-11-19(15-5-3-2-4-6-15)23-20(24)16(13-21)14-22/h2-12H,1H3. The van der Waals surface area contributed by atoms with E-state index in [1.54, 1.807) is 18.2 Å². The van der Waals surface area contributed by atoms with Gasteiger partial charge in [0, 0.05) is 17.5 Å².